The van der Waals surface area contributed by atoms with Crippen LogP contribution >= 0.6 is 0 Å². The molecule has 0 bridgehead atoms. The van der Waals surface area contributed by atoms with Crippen molar-refractivity contribution in [3.8, 4) is 0 Å². The Hall–Kier alpha value is -3.59. The molecular formula is C25H36FN3O11. The lowest BCUT2D eigenvalue weighted by Gasteiger charge is -2.28. The minimum Gasteiger partial charge on any atom is -0.458 e. The van der Waals surface area contributed by atoms with Gasteiger partial charge in [-0.15, -0.1) is 0 Å². The average Bonchev–Trinajstić information content (AvgIpc) is 3.12. The van der Waals surface area contributed by atoms with Gasteiger partial charge in [0.1, 0.15) is 6.04 Å². The maximum atomic E-state index is 16.6. The first-order chi connectivity index (χ1) is 18.5. The third-order valence-corrected chi connectivity index (χ3v) is 5.93. The Labute approximate surface area is 229 Å². The first kappa shape index (κ1) is 32.6. The molecule has 0 saturated carbocycles. The van der Waals surface area contributed by atoms with E-state index in [1.54, 1.807) is 13.8 Å². The van der Waals surface area contributed by atoms with Crippen molar-refractivity contribution in [2.75, 3.05) is 6.61 Å². The summed E-state index contributed by atoms with van der Waals surface area (Å²) in [6.45, 7) is 8.37. The van der Waals surface area contributed by atoms with Crippen LogP contribution in [-0.2, 0) is 49.6 Å². The summed E-state index contributed by atoms with van der Waals surface area (Å²) in [5, 5.41) is 0. The van der Waals surface area contributed by atoms with Gasteiger partial charge in [-0.3, -0.25) is 28.5 Å². The molecule has 1 saturated heterocycles. The molecule has 5 atom stereocenters. The van der Waals surface area contributed by atoms with E-state index in [4.69, 9.17) is 29.4 Å². The second kappa shape index (κ2) is 13.2. The van der Waals surface area contributed by atoms with Crippen molar-refractivity contribution in [3.05, 3.63) is 33.1 Å². The Bertz CT molecular complexity index is 1230. The van der Waals surface area contributed by atoms with E-state index in [2.05, 4.69) is 0 Å². The van der Waals surface area contributed by atoms with E-state index in [1.807, 2.05) is 0 Å². The number of hydrogen-bond acceptors (Lipinski definition) is 12. The quantitative estimate of drug-likeness (QED) is 0.284. The first-order valence-electron chi connectivity index (χ1n) is 12.6. The summed E-state index contributed by atoms with van der Waals surface area (Å²) >= 11 is 0. The molecule has 0 radical (unpaired) electrons. The predicted octanol–water partition coefficient (Wildman–Crippen LogP) is 0.387. The molecule has 15 heteroatoms. The maximum absolute atomic E-state index is 16.6. The number of nitrogens with zero attached hydrogens (tertiary/aromatic N) is 2. The van der Waals surface area contributed by atoms with Crippen LogP contribution in [0.1, 0.15) is 54.7 Å². The molecule has 0 aliphatic carbocycles. The Balaban J connectivity index is 2.64. The van der Waals surface area contributed by atoms with E-state index in [9.17, 15) is 28.8 Å². The summed E-state index contributed by atoms with van der Waals surface area (Å²) in [4.78, 5) is 74.3. The van der Waals surface area contributed by atoms with E-state index in [0.29, 0.717) is 9.13 Å². The fourth-order valence-corrected chi connectivity index (χ4v) is 3.40. The second-order valence-corrected chi connectivity index (χ2v) is 10.3. The van der Waals surface area contributed by atoms with Crippen LogP contribution in [0, 0.1) is 17.8 Å². The summed E-state index contributed by atoms with van der Waals surface area (Å²) in [6, 6.07) is -0.204. The van der Waals surface area contributed by atoms with Crippen LogP contribution < -0.4 is 17.0 Å². The highest BCUT2D eigenvalue weighted by Crippen LogP contribution is 2.42. The van der Waals surface area contributed by atoms with Crippen LogP contribution in [0.5, 0.6) is 0 Å². The van der Waals surface area contributed by atoms with Crippen molar-refractivity contribution in [2.24, 2.45) is 23.5 Å². The lowest BCUT2D eigenvalue weighted by atomic mass is 10.1. The Morgan fingerprint density at radius 2 is 1.57 bits per heavy atom. The fourth-order valence-electron chi connectivity index (χ4n) is 3.40. The van der Waals surface area contributed by atoms with Gasteiger partial charge in [-0.2, -0.15) is 0 Å². The van der Waals surface area contributed by atoms with E-state index in [0.717, 1.165) is 19.2 Å². The van der Waals surface area contributed by atoms with Crippen LogP contribution in [0.15, 0.2) is 21.9 Å². The number of esters is 4. The zero-order chi connectivity index (χ0) is 30.5. The molecule has 0 aromatic carbocycles. The summed E-state index contributed by atoms with van der Waals surface area (Å²) in [5.41, 5.74) is 3.80. The molecule has 0 spiro atoms. The number of hydrogen-bond donors (Lipinski definition) is 1. The second-order valence-electron chi connectivity index (χ2n) is 10.3. The molecule has 14 nitrogen and oxygen atoms in total. The SMILES string of the molecule is CC(=O)OCn1c(=O)ccn([C@@H]2O[C@](F)(COC(=O)[C@@H](N)C(C)C)[C@@H](OC(=O)C(C)C)[C@H]2OC(=O)C(C)C)c1=O. The third-order valence-electron chi connectivity index (χ3n) is 5.93. The van der Waals surface area contributed by atoms with E-state index < -0.39 is 90.6 Å². The van der Waals surface area contributed by atoms with Gasteiger partial charge in [0.05, 0.1) is 11.8 Å². The van der Waals surface area contributed by atoms with Crippen molar-refractivity contribution in [3.63, 3.8) is 0 Å². The molecule has 1 aromatic heterocycles. The topological polar surface area (TPSA) is 184 Å². The van der Waals surface area contributed by atoms with Crippen molar-refractivity contribution >= 4 is 23.9 Å². The van der Waals surface area contributed by atoms with Gasteiger partial charge in [0.25, 0.3) is 11.4 Å². The minimum atomic E-state index is -3.13. The molecule has 224 valence electrons. The van der Waals surface area contributed by atoms with E-state index in [1.165, 1.54) is 27.7 Å². The number of halogens is 1. The van der Waals surface area contributed by atoms with E-state index in [-0.39, 0.29) is 5.92 Å². The normalized spacial score (nSPS) is 23.2. The van der Waals surface area contributed by atoms with Gasteiger partial charge in [-0.1, -0.05) is 41.5 Å². The molecule has 0 amide bonds. The Morgan fingerprint density at radius 1 is 1.00 bits per heavy atom. The highest BCUT2D eigenvalue weighted by molar-refractivity contribution is 5.76. The molecule has 1 fully saturated rings. The lowest BCUT2D eigenvalue weighted by molar-refractivity contribution is -0.226. The molecule has 2 rings (SSSR count). The third kappa shape index (κ3) is 7.53. The Morgan fingerprint density at radius 3 is 2.10 bits per heavy atom. The van der Waals surface area contributed by atoms with Gasteiger partial charge < -0.3 is 29.4 Å². The number of aromatic nitrogens is 2. The van der Waals surface area contributed by atoms with Crippen LogP contribution in [0.4, 0.5) is 4.39 Å². The van der Waals surface area contributed by atoms with Crippen molar-refractivity contribution in [1.82, 2.24) is 9.13 Å². The van der Waals surface area contributed by atoms with Gasteiger partial charge in [-0.05, 0) is 5.92 Å². The highest BCUT2D eigenvalue weighted by atomic mass is 19.2. The number of ether oxygens (including phenoxy) is 5. The number of rotatable bonds is 11. The van der Waals surface area contributed by atoms with Crippen LogP contribution in [-0.4, -0.2) is 63.7 Å². The average molecular weight is 574 g/mol. The first-order valence-corrected chi connectivity index (χ1v) is 12.6. The van der Waals surface area contributed by atoms with Crippen LogP contribution in [0.3, 0.4) is 0 Å². The minimum absolute atomic E-state index is 0.355. The van der Waals surface area contributed by atoms with E-state index >= 15 is 4.39 Å². The molecule has 40 heavy (non-hydrogen) atoms. The number of nitrogens with two attached hydrogens (primary N) is 1. The lowest BCUT2D eigenvalue weighted by Crippen LogP contribution is -2.50. The summed E-state index contributed by atoms with van der Waals surface area (Å²) in [5.74, 6) is -8.48. The van der Waals surface area contributed by atoms with Gasteiger partial charge >= 0.3 is 29.6 Å². The van der Waals surface area contributed by atoms with Crippen LogP contribution in [0.2, 0.25) is 0 Å². The van der Waals surface area contributed by atoms with Crippen LogP contribution in [0.25, 0.3) is 0 Å². The van der Waals surface area contributed by atoms with Gasteiger partial charge in [-0.25, -0.2) is 13.8 Å². The monoisotopic (exact) mass is 573 g/mol. The largest absolute Gasteiger partial charge is 0.458 e. The predicted molar refractivity (Wildman–Crippen MR) is 134 cm³/mol. The standard InChI is InChI=1S/C25H36FN3O11/c1-12(2)17(27)23(34)36-10-25(26)19(39-22(33)14(5)6)18(38-21(32)13(3)4)20(40-25)28-9-8-16(31)29(24(28)35)11-37-15(7)30/h8-9,12-14,17-20H,10-11,27H2,1-7H3/t17-,18+,19-,20+,25+/m0/s1. The molecule has 1 aliphatic rings. The number of alkyl halides is 1. The van der Waals surface area contributed by atoms with Crippen molar-refractivity contribution in [1.29, 1.82) is 0 Å². The summed E-state index contributed by atoms with van der Waals surface area (Å²) in [6.07, 6.45) is -4.66. The number of carbonyl (C=O) groups excluding carboxylic acids is 4. The molecule has 1 aliphatic heterocycles. The maximum Gasteiger partial charge on any atom is 0.336 e. The summed E-state index contributed by atoms with van der Waals surface area (Å²) < 4.78 is 43.9. The molecular weight excluding hydrogens is 537 g/mol. The molecule has 2 N–H and O–H groups in total. The smallest absolute Gasteiger partial charge is 0.336 e. The van der Waals surface area contributed by atoms with Gasteiger partial charge in [0.2, 0.25) is 6.10 Å². The molecule has 1 aromatic rings. The van der Waals surface area contributed by atoms with Gasteiger partial charge in [0, 0.05) is 19.2 Å². The molecule has 0 unspecified atom stereocenters. The zero-order valence-electron chi connectivity index (χ0n) is 23.5. The summed E-state index contributed by atoms with van der Waals surface area (Å²) in [7, 11) is 0. The van der Waals surface area contributed by atoms with Gasteiger partial charge in [0.15, 0.2) is 25.7 Å². The molecule has 2 heterocycles. The highest BCUT2D eigenvalue weighted by Gasteiger charge is 2.62. The Kier molecular flexibility index (Phi) is 10.7. The fraction of sp³-hybridized carbons (Fsp3) is 0.680. The zero-order valence-corrected chi connectivity index (χ0v) is 23.5. The number of carbonyl (C=O) groups is 4. The van der Waals surface area contributed by atoms with Crippen molar-refractivity contribution < 1.29 is 47.3 Å². The van der Waals surface area contributed by atoms with Crippen molar-refractivity contribution in [2.45, 2.75) is 85.5 Å².